The third-order valence-corrected chi connectivity index (χ3v) is 4.22. The van der Waals surface area contributed by atoms with Crippen molar-refractivity contribution in [3.05, 3.63) is 46.9 Å². The van der Waals surface area contributed by atoms with Crippen molar-refractivity contribution >= 4 is 31.6 Å². The molecule has 0 aliphatic rings. The van der Waals surface area contributed by atoms with Gasteiger partial charge in [-0.25, -0.2) is 12.8 Å². The highest BCUT2D eigenvalue weighted by molar-refractivity contribution is 9.10. The van der Waals surface area contributed by atoms with Crippen LogP contribution in [0.15, 0.2) is 46.0 Å². The highest BCUT2D eigenvalue weighted by Crippen LogP contribution is 2.29. The third-order valence-electron chi connectivity index (χ3n) is 2.40. The summed E-state index contributed by atoms with van der Waals surface area (Å²) in [6.45, 7) is 0. The molecule has 2 aromatic rings. The van der Waals surface area contributed by atoms with Crippen molar-refractivity contribution in [2.75, 3.05) is 11.8 Å². The average Bonchev–Trinajstić information content (AvgIpc) is 2.38. The SMILES string of the molecule is COc1ccc(Br)cc1NS(=O)(=O)c1cncc(F)c1. The first-order valence-electron chi connectivity index (χ1n) is 5.39. The van der Waals surface area contributed by atoms with Crippen LogP contribution in [0.1, 0.15) is 0 Å². The Morgan fingerprint density at radius 1 is 1.30 bits per heavy atom. The summed E-state index contributed by atoms with van der Waals surface area (Å²) in [4.78, 5) is 3.25. The molecule has 0 fully saturated rings. The summed E-state index contributed by atoms with van der Waals surface area (Å²) in [5, 5.41) is 0. The van der Waals surface area contributed by atoms with Gasteiger partial charge in [0.2, 0.25) is 0 Å². The van der Waals surface area contributed by atoms with Crippen LogP contribution in [-0.2, 0) is 10.0 Å². The van der Waals surface area contributed by atoms with Crippen molar-refractivity contribution in [3.8, 4) is 5.75 Å². The number of sulfonamides is 1. The van der Waals surface area contributed by atoms with Gasteiger partial charge in [-0.1, -0.05) is 15.9 Å². The number of halogens is 2. The molecular formula is C12H10BrFN2O3S. The minimum Gasteiger partial charge on any atom is -0.495 e. The van der Waals surface area contributed by atoms with Crippen molar-refractivity contribution < 1.29 is 17.5 Å². The smallest absolute Gasteiger partial charge is 0.263 e. The molecule has 5 nitrogen and oxygen atoms in total. The van der Waals surface area contributed by atoms with Crippen LogP contribution < -0.4 is 9.46 Å². The molecule has 2 rings (SSSR count). The Balaban J connectivity index is 2.40. The summed E-state index contributed by atoms with van der Waals surface area (Å²) in [7, 11) is -2.52. The maximum absolute atomic E-state index is 13.1. The lowest BCUT2D eigenvalue weighted by Gasteiger charge is -2.12. The summed E-state index contributed by atoms with van der Waals surface area (Å²) in [6, 6.07) is 5.75. The van der Waals surface area contributed by atoms with Gasteiger partial charge in [0.25, 0.3) is 10.0 Å². The van der Waals surface area contributed by atoms with Crippen LogP contribution in [-0.4, -0.2) is 20.5 Å². The van der Waals surface area contributed by atoms with Crippen LogP contribution >= 0.6 is 15.9 Å². The van der Waals surface area contributed by atoms with Gasteiger partial charge < -0.3 is 4.74 Å². The number of anilines is 1. The number of pyridine rings is 1. The normalized spacial score (nSPS) is 11.2. The van der Waals surface area contributed by atoms with Gasteiger partial charge in [0.15, 0.2) is 0 Å². The van der Waals surface area contributed by atoms with Crippen molar-refractivity contribution in [3.63, 3.8) is 0 Å². The van der Waals surface area contributed by atoms with Crippen molar-refractivity contribution in [1.82, 2.24) is 4.98 Å². The van der Waals surface area contributed by atoms with Gasteiger partial charge in [-0.05, 0) is 24.3 Å². The van der Waals surface area contributed by atoms with E-state index in [2.05, 4.69) is 25.6 Å². The van der Waals surface area contributed by atoms with E-state index < -0.39 is 15.8 Å². The predicted octanol–water partition coefficient (Wildman–Crippen LogP) is 2.79. The van der Waals surface area contributed by atoms with E-state index in [0.29, 0.717) is 10.2 Å². The number of nitrogens with one attached hydrogen (secondary N) is 1. The number of ether oxygens (including phenoxy) is 1. The first-order valence-corrected chi connectivity index (χ1v) is 7.67. The number of rotatable bonds is 4. The van der Waals surface area contributed by atoms with E-state index in [1.165, 1.54) is 7.11 Å². The van der Waals surface area contributed by atoms with Gasteiger partial charge in [0.1, 0.15) is 16.5 Å². The summed E-state index contributed by atoms with van der Waals surface area (Å²) < 4.78 is 45.4. The Morgan fingerprint density at radius 2 is 2.05 bits per heavy atom. The van der Waals surface area contributed by atoms with Gasteiger partial charge in [0.05, 0.1) is 19.0 Å². The number of nitrogens with zero attached hydrogens (tertiary/aromatic N) is 1. The summed E-state index contributed by atoms with van der Waals surface area (Å²) in [5.41, 5.74) is 0.242. The second-order valence-corrected chi connectivity index (χ2v) is 6.39. The highest BCUT2D eigenvalue weighted by atomic mass is 79.9. The van der Waals surface area contributed by atoms with Crippen LogP contribution in [0.3, 0.4) is 0 Å². The maximum atomic E-state index is 13.1. The largest absolute Gasteiger partial charge is 0.495 e. The summed E-state index contributed by atoms with van der Waals surface area (Å²) in [6.07, 6.45) is 1.99. The molecule has 0 aliphatic heterocycles. The molecule has 0 bridgehead atoms. The second-order valence-electron chi connectivity index (χ2n) is 3.79. The predicted molar refractivity (Wildman–Crippen MR) is 75.7 cm³/mol. The fourth-order valence-corrected chi connectivity index (χ4v) is 2.90. The molecular weight excluding hydrogens is 351 g/mol. The van der Waals surface area contributed by atoms with Crippen molar-refractivity contribution in [2.24, 2.45) is 0 Å². The molecule has 0 spiro atoms. The van der Waals surface area contributed by atoms with Crippen LogP contribution in [0.25, 0.3) is 0 Å². The van der Waals surface area contributed by atoms with E-state index in [1.54, 1.807) is 18.2 Å². The van der Waals surface area contributed by atoms with Crippen LogP contribution in [0.4, 0.5) is 10.1 Å². The Labute approximate surface area is 124 Å². The van der Waals surface area contributed by atoms with Gasteiger partial charge in [-0.3, -0.25) is 9.71 Å². The van der Waals surface area contributed by atoms with Crippen LogP contribution in [0, 0.1) is 5.82 Å². The summed E-state index contributed by atoms with van der Waals surface area (Å²) >= 11 is 3.24. The number of methoxy groups -OCH3 is 1. The Bertz CT molecular complexity index is 737. The minimum absolute atomic E-state index is 0.242. The molecule has 106 valence electrons. The number of hydrogen-bond acceptors (Lipinski definition) is 4. The molecule has 8 heteroatoms. The fraction of sp³-hybridized carbons (Fsp3) is 0.0833. The number of aromatic nitrogens is 1. The molecule has 0 radical (unpaired) electrons. The van der Waals surface area contributed by atoms with Gasteiger partial charge >= 0.3 is 0 Å². The van der Waals surface area contributed by atoms with Gasteiger partial charge in [0, 0.05) is 10.7 Å². The second kappa shape index (κ2) is 5.76. The lowest BCUT2D eigenvalue weighted by Crippen LogP contribution is -2.14. The monoisotopic (exact) mass is 360 g/mol. The highest BCUT2D eigenvalue weighted by Gasteiger charge is 2.17. The molecule has 1 N–H and O–H groups in total. The standard InChI is InChI=1S/C12H10BrFN2O3S/c1-19-12-3-2-8(13)4-11(12)16-20(17,18)10-5-9(14)6-15-7-10/h2-7,16H,1H3. The third kappa shape index (κ3) is 3.26. The zero-order valence-electron chi connectivity index (χ0n) is 10.3. The Kier molecular flexibility index (Phi) is 4.24. The maximum Gasteiger partial charge on any atom is 0.263 e. The quantitative estimate of drug-likeness (QED) is 0.909. The first-order chi connectivity index (χ1) is 9.42. The van der Waals surface area contributed by atoms with E-state index in [-0.39, 0.29) is 10.6 Å². The van der Waals surface area contributed by atoms with Gasteiger partial charge in [-0.2, -0.15) is 0 Å². The Hall–Kier alpha value is -1.67. The molecule has 0 atom stereocenters. The van der Waals surface area contributed by atoms with Gasteiger partial charge in [-0.15, -0.1) is 0 Å². The van der Waals surface area contributed by atoms with Crippen molar-refractivity contribution in [1.29, 1.82) is 0 Å². The molecule has 0 aliphatic carbocycles. The minimum atomic E-state index is -3.94. The van der Waals surface area contributed by atoms with E-state index in [0.717, 1.165) is 18.5 Å². The fourth-order valence-electron chi connectivity index (χ4n) is 1.50. The number of hydrogen-bond donors (Lipinski definition) is 1. The molecule has 0 saturated carbocycles. The molecule has 0 unspecified atom stereocenters. The van der Waals surface area contributed by atoms with Crippen molar-refractivity contribution in [2.45, 2.75) is 4.90 Å². The average molecular weight is 361 g/mol. The molecule has 0 amide bonds. The van der Waals surface area contributed by atoms with Crippen LogP contribution in [0.2, 0.25) is 0 Å². The topological polar surface area (TPSA) is 68.3 Å². The van der Waals surface area contributed by atoms with E-state index in [9.17, 15) is 12.8 Å². The van der Waals surface area contributed by atoms with E-state index >= 15 is 0 Å². The Morgan fingerprint density at radius 3 is 2.70 bits per heavy atom. The molecule has 0 saturated heterocycles. The number of benzene rings is 1. The zero-order chi connectivity index (χ0) is 14.8. The lowest BCUT2D eigenvalue weighted by atomic mass is 10.3. The first kappa shape index (κ1) is 14.7. The van der Waals surface area contributed by atoms with E-state index in [1.807, 2.05) is 0 Å². The molecule has 1 heterocycles. The van der Waals surface area contributed by atoms with E-state index in [4.69, 9.17) is 4.74 Å². The van der Waals surface area contributed by atoms with Crippen LogP contribution in [0.5, 0.6) is 5.75 Å². The summed E-state index contributed by atoms with van der Waals surface area (Å²) in [5.74, 6) is -0.379. The zero-order valence-corrected chi connectivity index (χ0v) is 12.7. The molecule has 1 aromatic carbocycles. The molecule has 20 heavy (non-hydrogen) atoms. The molecule has 1 aromatic heterocycles. The lowest BCUT2D eigenvalue weighted by molar-refractivity contribution is 0.417.